The van der Waals surface area contributed by atoms with Crippen LogP contribution in [0, 0.1) is 0 Å². The van der Waals surface area contributed by atoms with Gasteiger partial charge >= 0.3 is 0 Å². The van der Waals surface area contributed by atoms with Gasteiger partial charge in [-0.05, 0) is 30.2 Å². The summed E-state index contributed by atoms with van der Waals surface area (Å²) >= 11 is 0. The predicted molar refractivity (Wildman–Crippen MR) is 85.3 cm³/mol. The van der Waals surface area contributed by atoms with Gasteiger partial charge in [0, 0.05) is 30.9 Å². The van der Waals surface area contributed by atoms with Crippen LogP contribution in [0.15, 0.2) is 36.8 Å². The number of hydrogen-bond donors (Lipinski definition) is 2. The molecule has 4 rings (SSSR count). The van der Waals surface area contributed by atoms with E-state index in [0.29, 0.717) is 6.42 Å². The first-order valence-electron chi connectivity index (χ1n) is 7.16. The third-order valence-corrected chi connectivity index (χ3v) is 4.01. The van der Waals surface area contributed by atoms with Crippen LogP contribution in [0.3, 0.4) is 0 Å². The number of benzene rings is 1. The van der Waals surface area contributed by atoms with Gasteiger partial charge in [0.1, 0.15) is 5.82 Å². The van der Waals surface area contributed by atoms with Crippen LogP contribution in [0.5, 0.6) is 0 Å². The highest BCUT2D eigenvalue weighted by Crippen LogP contribution is 2.30. The van der Waals surface area contributed by atoms with E-state index in [1.54, 1.807) is 12.5 Å². The first-order valence-corrected chi connectivity index (χ1v) is 7.16. The fourth-order valence-electron chi connectivity index (χ4n) is 2.72. The number of aromatic nitrogens is 3. The van der Waals surface area contributed by atoms with E-state index in [1.165, 1.54) is 0 Å². The van der Waals surface area contributed by atoms with Crippen LogP contribution < -0.4 is 10.2 Å². The number of H-pyrrole nitrogens is 1. The maximum absolute atomic E-state index is 11.4. The van der Waals surface area contributed by atoms with Gasteiger partial charge in [0.05, 0.1) is 23.6 Å². The molecule has 3 heterocycles. The maximum atomic E-state index is 11.4. The van der Waals surface area contributed by atoms with Crippen LogP contribution in [0.4, 0.5) is 17.2 Å². The summed E-state index contributed by atoms with van der Waals surface area (Å²) in [4.78, 5) is 25.2. The van der Waals surface area contributed by atoms with Crippen LogP contribution in [0.1, 0.15) is 12.0 Å². The summed E-state index contributed by atoms with van der Waals surface area (Å²) in [6.45, 7) is 0. The van der Waals surface area contributed by atoms with E-state index in [1.807, 2.05) is 30.1 Å². The topological polar surface area (TPSA) is 73.9 Å². The molecule has 1 aromatic carbocycles. The Morgan fingerprint density at radius 1 is 1.18 bits per heavy atom. The Morgan fingerprint density at radius 3 is 3.00 bits per heavy atom. The van der Waals surface area contributed by atoms with Crippen molar-refractivity contribution in [2.45, 2.75) is 12.8 Å². The molecule has 6 heteroatoms. The number of nitrogens with zero attached hydrogens (tertiary/aromatic N) is 3. The van der Waals surface area contributed by atoms with Gasteiger partial charge in [0.15, 0.2) is 0 Å². The van der Waals surface area contributed by atoms with Crippen molar-refractivity contribution in [3.05, 3.63) is 42.4 Å². The molecule has 2 aromatic heterocycles. The van der Waals surface area contributed by atoms with Gasteiger partial charge in [-0.25, -0.2) is 9.97 Å². The number of pyridine rings is 1. The fraction of sp³-hybridized carbons (Fsp3) is 0.188. The number of nitrogens with one attached hydrogen (secondary N) is 2. The van der Waals surface area contributed by atoms with Gasteiger partial charge < -0.3 is 15.2 Å². The number of anilines is 3. The van der Waals surface area contributed by atoms with Crippen molar-refractivity contribution in [3.8, 4) is 0 Å². The molecule has 110 valence electrons. The summed E-state index contributed by atoms with van der Waals surface area (Å²) in [7, 11) is 1.98. The molecular weight excluding hydrogens is 278 g/mol. The van der Waals surface area contributed by atoms with E-state index >= 15 is 0 Å². The second-order valence-corrected chi connectivity index (χ2v) is 5.41. The van der Waals surface area contributed by atoms with E-state index in [4.69, 9.17) is 0 Å². The van der Waals surface area contributed by atoms with Gasteiger partial charge in [-0.3, -0.25) is 4.79 Å². The van der Waals surface area contributed by atoms with E-state index in [-0.39, 0.29) is 5.91 Å². The molecule has 0 radical (unpaired) electrons. The van der Waals surface area contributed by atoms with Crippen molar-refractivity contribution in [2.24, 2.45) is 0 Å². The second-order valence-electron chi connectivity index (χ2n) is 5.41. The predicted octanol–water partition coefficient (Wildman–Crippen LogP) is 2.61. The molecule has 0 saturated heterocycles. The number of fused-ring (bicyclic) bond motifs is 2. The van der Waals surface area contributed by atoms with E-state index in [9.17, 15) is 4.79 Å². The van der Waals surface area contributed by atoms with Gasteiger partial charge in [0.25, 0.3) is 0 Å². The molecule has 0 atom stereocenters. The van der Waals surface area contributed by atoms with Gasteiger partial charge in [-0.1, -0.05) is 0 Å². The Hall–Kier alpha value is -2.89. The Labute approximate surface area is 127 Å². The molecule has 1 aliphatic heterocycles. The molecule has 0 unspecified atom stereocenters. The number of rotatable bonds is 2. The third-order valence-electron chi connectivity index (χ3n) is 4.01. The summed E-state index contributed by atoms with van der Waals surface area (Å²) in [6, 6.07) is 7.99. The largest absolute Gasteiger partial charge is 0.343 e. The lowest BCUT2D eigenvalue weighted by Crippen LogP contribution is -2.19. The molecule has 3 aromatic rings. The summed E-state index contributed by atoms with van der Waals surface area (Å²) < 4.78 is 0. The zero-order valence-electron chi connectivity index (χ0n) is 12.1. The summed E-state index contributed by atoms with van der Waals surface area (Å²) in [5.74, 6) is 0.915. The van der Waals surface area contributed by atoms with Crippen molar-refractivity contribution in [1.29, 1.82) is 0 Å². The van der Waals surface area contributed by atoms with Crippen LogP contribution in [-0.4, -0.2) is 27.9 Å². The van der Waals surface area contributed by atoms with Crippen LogP contribution in [-0.2, 0) is 11.2 Å². The lowest BCUT2D eigenvalue weighted by Gasteiger charge is -2.22. The van der Waals surface area contributed by atoms with Crippen molar-refractivity contribution in [1.82, 2.24) is 15.0 Å². The molecule has 6 nitrogen and oxygen atoms in total. The highest BCUT2D eigenvalue weighted by atomic mass is 16.1. The van der Waals surface area contributed by atoms with Crippen LogP contribution in [0.2, 0.25) is 0 Å². The molecule has 0 aliphatic carbocycles. The van der Waals surface area contributed by atoms with Crippen LogP contribution >= 0.6 is 0 Å². The summed E-state index contributed by atoms with van der Waals surface area (Å²) in [6.07, 6.45) is 4.76. The average molecular weight is 293 g/mol. The van der Waals surface area contributed by atoms with Crippen LogP contribution in [0.25, 0.3) is 11.0 Å². The highest BCUT2D eigenvalue weighted by molar-refractivity contribution is 5.94. The molecule has 0 bridgehead atoms. The highest BCUT2D eigenvalue weighted by Gasteiger charge is 2.16. The van der Waals surface area contributed by atoms with Crippen molar-refractivity contribution in [2.75, 3.05) is 17.3 Å². The first-order chi connectivity index (χ1) is 10.7. The van der Waals surface area contributed by atoms with Gasteiger partial charge in [0.2, 0.25) is 5.91 Å². The second kappa shape index (κ2) is 4.84. The number of carbonyl (C=O) groups is 1. The molecule has 2 N–H and O–H groups in total. The average Bonchev–Trinajstić information content (AvgIpc) is 3.01. The van der Waals surface area contributed by atoms with Crippen molar-refractivity contribution < 1.29 is 4.79 Å². The molecular formula is C16H15N5O. The molecule has 0 fully saturated rings. The van der Waals surface area contributed by atoms with Crippen molar-refractivity contribution in [3.63, 3.8) is 0 Å². The van der Waals surface area contributed by atoms with E-state index in [0.717, 1.165) is 40.2 Å². The Morgan fingerprint density at radius 2 is 2.09 bits per heavy atom. The summed E-state index contributed by atoms with van der Waals surface area (Å²) in [5, 5.41) is 2.90. The SMILES string of the molecule is CN(c1ccc2c(c1)CCC(=O)N2)c1cc2nc[nH]c2cn1. The number of aromatic amines is 1. The monoisotopic (exact) mass is 293 g/mol. The minimum Gasteiger partial charge on any atom is -0.343 e. The molecule has 22 heavy (non-hydrogen) atoms. The van der Waals surface area contributed by atoms with Crippen molar-refractivity contribution >= 4 is 34.1 Å². The van der Waals surface area contributed by atoms with Gasteiger partial charge in [-0.15, -0.1) is 0 Å². The minimum atomic E-state index is 0.0826. The lowest BCUT2D eigenvalue weighted by atomic mass is 10.0. The van der Waals surface area contributed by atoms with Gasteiger partial charge in [-0.2, -0.15) is 0 Å². The zero-order chi connectivity index (χ0) is 15.1. The fourth-order valence-corrected chi connectivity index (χ4v) is 2.72. The number of carbonyl (C=O) groups excluding carboxylic acids is 1. The molecule has 0 saturated carbocycles. The van der Waals surface area contributed by atoms with E-state index < -0.39 is 0 Å². The first kappa shape index (κ1) is 12.8. The normalized spacial score (nSPS) is 13.8. The Bertz CT molecular complexity index is 870. The van der Waals surface area contributed by atoms with E-state index in [2.05, 4.69) is 26.3 Å². The Balaban J connectivity index is 1.70. The number of amides is 1. The molecule has 1 amide bonds. The molecule has 0 spiro atoms. The minimum absolute atomic E-state index is 0.0826. The smallest absolute Gasteiger partial charge is 0.224 e. The quantitative estimate of drug-likeness (QED) is 0.761. The third kappa shape index (κ3) is 2.09. The zero-order valence-corrected chi connectivity index (χ0v) is 12.1. The maximum Gasteiger partial charge on any atom is 0.224 e. The lowest BCUT2D eigenvalue weighted by molar-refractivity contribution is -0.116. The molecule has 1 aliphatic rings. The number of hydrogen-bond acceptors (Lipinski definition) is 4. The standard InChI is InChI=1S/C16H15N5O/c1-21(15-7-13-14(8-17-15)19-9-18-13)11-3-4-12-10(6-11)2-5-16(22)20-12/h3-4,6-9H,2,5H2,1H3,(H,18,19)(H,20,22). The Kier molecular flexibility index (Phi) is 2.82. The number of imidazole rings is 1. The number of aryl methyl sites for hydroxylation is 1. The summed E-state index contributed by atoms with van der Waals surface area (Å²) in [5.41, 5.74) is 4.92.